The van der Waals surface area contributed by atoms with Crippen LogP contribution in [0.2, 0.25) is 0 Å². The topological polar surface area (TPSA) is 154 Å². The van der Waals surface area contributed by atoms with Gasteiger partial charge in [0, 0.05) is 24.9 Å². The SMILES string of the molecule is COc1cccc(OC)c1-n1c(NS(=O)(=O)[C@@H](CCO)[C@H](C)c2ncc(C)cn2)nnc1-c1ccc(C)o1. The molecule has 0 aliphatic heterocycles. The van der Waals surface area contributed by atoms with Gasteiger partial charge in [0.2, 0.25) is 21.8 Å². The maximum absolute atomic E-state index is 13.8. The minimum atomic E-state index is -4.15. The van der Waals surface area contributed by atoms with Crippen LogP contribution in [0.4, 0.5) is 5.95 Å². The van der Waals surface area contributed by atoms with Gasteiger partial charge < -0.3 is 19.0 Å². The van der Waals surface area contributed by atoms with E-state index in [2.05, 4.69) is 24.9 Å². The van der Waals surface area contributed by atoms with Crippen LogP contribution in [0.25, 0.3) is 17.3 Å². The molecule has 0 saturated heterocycles. The fourth-order valence-electron chi connectivity index (χ4n) is 4.14. The Balaban J connectivity index is 1.84. The first-order chi connectivity index (χ1) is 18.2. The normalized spacial score (nSPS) is 13.2. The van der Waals surface area contributed by atoms with Crippen LogP contribution in [-0.2, 0) is 10.0 Å². The molecule has 3 aromatic heterocycles. The minimum absolute atomic E-state index is 0.0515. The molecular formula is C25H30N6O6S. The Labute approximate surface area is 220 Å². The van der Waals surface area contributed by atoms with Crippen molar-refractivity contribution in [2.75, 3.05) is 25.5 Å². The number of sulfonamides is 1. The number of nitrogens with one attached hydrogen (secondary N) is 1. The molecule has 0 aliphatic carbocycles. The molecule has 2 N–H and O–H groups in total. The molecule has 38 heavy (non-hydrogen) atoms. The second-order valence-electron chi connectivity index (χ2n) is 8.71. The van der Waals surface area contributed by atoms with Gasteiger partial charge in [0.1, 0.15) is 28.8 Å². The molecule has 0 unspecified atom stereocenters. The smallest absolute Gasteiger partial charge is 0.243 e. The monoisotopic (exact) mass is 542 g/mol. The lowest BCUT2D eigenvalue weighted by molar-refractivity contribution is 0.280. The number of benzene rings is 1. The number of aromatic nitrogens is 5. The molecule has 12 nitrogen and oxygen atoms in total. The van der Waals surface area contributed by atoms with Crippen molar-refractivity contribution in [1.29, 1.82) is 0 Å². The van der Waals surface area contributed by atoms with Crippen LogP contribution in [-0.4, -0.2) is 64.3 Å². The first-order valence-corrected chi connectivity index (χ1v) is 13.4. The van der Waals surface area contributed by atoms with Crippen molar-refractivity contribution in [3.8, 4) is 28.8 Å². The first kappa shape index (κ1) is 27.1. The number of aliphatic hydroxyl groups is 1. The van der Waals surface area contributed by atoms with Crippen molar-refractivity contribution in [3.05, 3.63) is 59.9 Å². The predicted molar refractivity (Wildman–Crippen MR) is 140 cm³/mol. The summed E-state index contributed by atoms with van der Waals surface area (Å²) in [6, 6.07) is 8.63. The molecule has 0 bridgehead atoms. The number of methoxy groups -OCH3 is 2. The Kier molecular flexibility index (Phi) is 7.97. The number of furan rings is 1. The summed E-state index contributed by atoms with van der Waals surface area (Å²) in [5.41, 5.74) is 1.22. The minimum Gasteiger partial charge on any atom is -0.494 e. The molecule has 1 aromatic carbocycles. The van der Waals surface area contributed by atoms with Gasteiger partial charge in [0.05, 0.1) is 19.5 Å². The highest BCUT2D eigenvalue weighted by atomic mass is 32.2. The second kappa shape index (κ2) is 11.2. The molecule has 4 rings (SSSR count). The Hall–Kier alpha value is -3.97. The number of aryl methyl sites for hydroxylation is 2. The lowest BCUT2D eigenvalue weighted by Gasteiger charge is -2.23. The van der Waals surface area contributed by atoms with Gasteiger partial charge in [-0.3, -0.25) is 9.29 Å². The zero-order chi connectivity index (χ0) is 27.4. The van der Waals surface area contributed by atoms with Gasteiger partial charge in [-0.25, -0.2) is 18.4 Å². The van der Waals surface area contributed by atoms with E-state index in [4.69, 9.17) is 13.9 Å². The molecule has 3 heterocycles. The average Bonchev–Trinajstić information content (AvgIpc) is 3.51. The third kappa shape index (κ3) is 5.34. The summed E-state index contributed by atoms with van der Waals surface area (Å²) < 4.78 is 48.5. The van der Waals surface area contributed by atoms with Crippen LogP contribution in [0.15, 0.2) is 47.1 Å². The number of aliphatic hydroxyl groups excluding tert-OH is 1. The van der Waals surface area contributed by atoms with Gasteiger partial charge in [-0.1, -0.05) is 13.0 Å². The molecule has 202 valence electrons. The van der Waals surface area contributed by atoms with E-state index in [0.717, 1.165) is 5.56 Å². The van der Waals surface area contributed by atoms with E-state index in [-0.39, 0.29) is 24.8 Å². The fourth-order valence-corrected chi connectivity index (χ4v) is 5.75. The summed E-state index contributed by atoms with van der Waals surface area (Å²) in [5, 5.41) is 17.0. The lowest BCUT2D eigenvalue weighted by atomic mass is 10.0. The number of hydrogen-bond acceptors (Lipinski definition) is 10. The maximum atomic E-state index is 13.8. The molecule has 13 heteroatoms. The standard InChI is InChI=1S/C25H30N6O6S/c1-15-13-26-23(27-14-15)17(3)21(11-12-32)38(33,34)30-25-29-28-24(20-10-9-16(2)37-20)31(25)22-18(35-4)7-6-8-19(22)36-5/h6-10,13-14,17,21,32H,11-12H2,1-5H3,(H,29,30)/t17-,21-/m0/s1. The average molecular weight is 543 g/mol. The van der Waals surface area contributed by atoms with Gasteiger partial charge in [0.25, 0.3) is 0 Å². The maximum Gasteiger partial charge on any atom is 0.243 e. The van der Waals surface area contributed by atoms with Gasteiger partial charge in [-0.05, 0) is 50.1 Å². The fraction of sp³-hybridized carbons (Fsp3) is 0.360. The highest BCUT2D eigenvalue weighted by molar-refractivity contribution is 7.93. The third-order valence-corrected chi connectivity index (χ3v) is 7.97. The van der Waals surface area contributed by atoms with Gasteiger partial charge in [-0.15, -0.1) is 10.2 Å². The molecule has 4 aromatic rings. The zero-order valence-corrected chi connectivity index (χ0v) is 22.6. The highest BCUT2D eigenvalue weighted by Gasteiger charge is 2.35. The predicted octanol–water partition coefficient (Wildman–Crippen LogP) is 3.25. The third-order valence-electron chi connectivity index (χ3n) is 6.06. The highest BCUT2D eigenvalue weighted by Crippen LogP contribution is 2.38. The molecule has 0 radical (unpaired) electrons. The Bertz CT molecular complexity index is 1480. The van der Waals surface area contributed by atoms with E-state index in [1.54, 1.807) is 56.6 Å². The lowest BCUT2D eigenvalue weighted by Crippen LogP contribution is -2.34. The Morgan fingerprint density at radius 1 is 1.05 bits per heavy atom. The summed E-state index contributed by atoms with van der Waals surface area (Å²) in [6.07, 6.45) is 3.19. The van der Waals surface area contributed by atoms with Crippen LogP contribution in [0.1, 0.15) is 36.4 Å². The number of nitrogens with zero attached hydrogens (tertiary/aromatic N) is 5. The van der Waals surface area contributed by atoms with Crippen molar-refractivity contribution in [2.24, 2.45) is 0 Å². The zero-order valence-electron chi connectivity index (χ0n) is 21.7. The van der Waals surface area contributed by atoms with Crippen LogP contribution in [0, 0.1) is 13.8 Å². The van der Waals surface area contributed by atoms with Crippen LogP contribution in [0.5, 0.6) is 11.5 Å². The quantitative estimate of drug-likeness (QED) is 0.289. The molecule has 0 fully saturated rings. The number of hydrogen-bond donors (Lipinski definition) is 2. The molecule has 0 saturated carbocycles. The summed E-state index contributed by atoms with van der Waals surface area (Å²) in [5.74, 6) is 1.61. The van der Waals surface area contributed by atoms with E-state index in [0.29, 0.717) is 34.5 Å². The molecular weight excluding hydrogens is 512 g/mol. The Morgan fingerprint density at radius 2 is 1.71 bits per heavy atom. The summed E-state index contributed by atoms with van der Waals surface area (Å²) in [7, 11) is -1.17. The number of anilines is 1. The van der Waals surface area contributed by atoms with Crippen LogP contribution >= 0.6 is 0 Å². The number of rotatable bonds is 11. The van der Waals surface area contributed by atoms with Gasteiger partial charge in [-0.2, -0.15) is 0 Å². The summed E-state index contributed by atoms with van der Waals surface area (Å²) >= 11 is 0. The van der Waals surface area contributed by atoms with Crippen LogP contribution < -0.4 is 14.2 Å². The van der Waals surface area contributed by atoms with Gasteiger partial charge in [0.15, 0.2) is 5.76 Å². The van der Waals surface area contributed by atoms with Gasteiger partial charge >= 0.3 is 0 Å². The molecule has 0 amide bonds. The van der Waals surface area contributed by atoms with Crippen LogP contribution in [0.3, 0.4) is 0 Å². The first-order valence-electron chi connectivity index (χ1n) is 11.8. The van der Waals surface area contributed by atoms with Crippen molar-refractivity contribution in [2.45, 2.75) is 38.4 Å². The van der Waals surface area contributed by atoms with Crippen molar-refractivity contribution in [3.63, 3.8) is 0 Å². The second-order valence-corrected chi connectivity index (χ2v) is 10.6. The van der Waals surface area contributed by atoms with Crippen molar-refractivity contribution in [1.82, 2.24) is 24.7 Å². The molecule has 0 aliphatic rings. The summed E-state index contributed by atoms with van der Waals surface area (Å²) in [4.78, 5) is 8.59. The summed E-state index contributed by atoms with van der Waals surface area (Å²) in [6.45, 7) is 4.97. The van der Waals surface area contributed by atoms with Crippen molar-refractivity contribution >= 4 is 16.0 Å². The van der Waals surface area contributed by atoms with Crippen molar-refractivity contribution < 1.29 is 27.4 Å². The van der Waals surface area contributed by atoms with E-state index in [1.807, 2.05) is 6.92 Å². The Morgan fingerprint density at radius 3 is 2.26 bits per heavy atom. The largest absolute Gasteiger partial charge is 0.494 e. The van der Waals surface area contributed by atoms with E-state index in [1.165, 1.54) is 18.8 Å². The molecule has 0 spiro atoms. The number of ether oxygens (including phenoxy) is 2. The van der Waals surface area contributed by atoms with E-state index in [9.17, 15) is 13.5 Å². The van der Waals surface area contributed by atoms with E-state index >= 15 is 0 Å². The van der Waals surface area contributed by atoms with E-state index < -0.39 is 21.2 Å². The number of para-hydroxylation sites is 1. The molecule has 2 atom stereocenters.